The molecule has 0 aromatic rings. The highest BCUT2D eigenvalue weighted by atomic mass is 35.5. The highest BCUT2D eigenvalue weighted by Crippen LogP contribution is 2.53. The predicted octanol–water partition coefficient (Wildman–Crippen LogP) is 1.01. The zero-order chi connectivity index (χ0) is 8.06. The third-order valence-corrected chi connectivity index (χ3v) is 3.15. The number of fused-ring (bicyclic) bond motifs is 1. The maximum atomic E-state index is 10.8. The van der Waals surface area contributed by atoms with Gasteiger partial charge in [-0.15, -0.1) is 12.4 Å². The molecule has 70 valence electrons. The van der Waals surface area contributed by atoms with Crippen molar-refractivity contribution < 1.29 is 9.90 Å². The van der Waals surface area contributed by atoms with E-state index < -0.39 is 11.5 Å². The molecule has 3 unspecified atom stereocenters. The van der Waals surface area contributed by atoms with Crippen LogP contribution < -0.4 is 5.73 Å². The molecule has 0 amide bonds. The van der Waals surface area contributed by atoms with Crippen LogP contribution in [0, 0.1) is 11.8 Å². The summed E-state index contributed by atoms with van der Waals surface area (Å²) in [6, 6.07) is 0. The zero-order valence-corrected chi connectivity index (χ0v) is 7.64. The molecule has 0 saturated heterocycles. The number of nitrogens with two attached hydrogens (primary N) is 1. The van der Waals surface area contributed by atoms with Gasteiger partial charge in [-0.05, 0) is 24.7 Å². The van der Waals surface area contributed by atoms with E-state index in [0.29, 0.717) is 12.3 Å². The Labute approximate surface area is 77.7 Å². The molecule has 0 radical (unpaired) electrons. The highest BCUT2D eigenvalue weighted by Gasteiger charge is 2.56. The van der Waals surface area contributed by atoms with Crippen LogP contribution >= 0.6 is 12.4 Å². The van der Waals surface area contributed by atoms with Crippen molar-refractivity contribution in [1.29, 1.82) is 0 Å². The lowest BCUT2D eigenvalue weighted by molar-refractivity contribution is -0.145. The van der Waals surface area contributed by atoms with Gasteiger partial charge in [-0.2, -0.15) is 0 Å². The first-order chi connectivity index (χ1) is 5.14. The molecule has 2 rings (SSSR count). The smallest absolute Gasteiger partial charge is 0.323 e. The molecule has 3 N–H and O–H groups in total. The fourth-order valence-electron chi connectivity index (χ4n) is 2.31. The van der Waals surface area contributed by atoms with Gasteiger partial charge >= 0.3 is 5.97 Å². The molecule has 0 bridgehead atoms. The molecule has 0 spiro atoms. The highest BCUT2D eigenvalue weighted by molar-refractivity contribution is 5.85. The van der Waals surface area contributed by atoms with Gasteiger partial charge in [-0.25, -0.2) is 0 Å². The number of rotatable bonds is 1. The first-order valence-electron chi connectivity index (χ1n) is 4.17. The van der Waals surface area contributed by atoms with E-state index in [9.17, 15) is 4.79 Å². The average molecular weight is 192 g/mol. The van der Waals surface area contributed by atoms with Gasteiger partial charge < -0.3 is 10.8 Å². The topological polar surface area (TPSA) is 63.3 Å². The van der Waals surface area contributed by atoms with Crippen LogP contribution in [0.3, 0.4) is 0 Å². The minimum Gasteiger partial charge on any atom is -0.480 e. The second kappa shape index (κ2) is 2.89. The van der Waals surface area contributed by atoms with Gasteiger partial charge in [0.05, 0.1) is 0 Å². The summed E-state index contributed by atoms with van der Waals surface area (Å²) in [5, 5.41) is 8.87. The van der Waals surface area contributed by atoms with Crippen LogP contribution in [-0.2, 0) is 4.79 Å². The molecule has 2 aliphatic rings. The van der Waals surface area contributed by atoms with E-state index in [1.54, 1.807) is 0 Å². The van der Waals surface area contributed by atoms with Crippen molar-refractivity contribution in [3.8, 4) is 0 Å². The number of aliphatic carboxylic acids is 1. The normalized spacial score (nSPS) is 44.1. The monoisotopic (exact) mass is 191 g/mol. The van der Waals surface area contributed by atoms with E-state index in [2.05, 4.69) is 0 Å². The second-order valence-electron chi connectivity index (χ2n) is 3.84. The predicted molar refractivity (Wildman–Crippen MR) is 47.3 cm³/mol. The van der Waals surface area contributed by atoms with E-state index in [1.807, 2.05) is 0 Å². The van der Waals surface area contributed by atoms with Gasteiger partial charge in [0.2, 0.25) is 0 Å². The number of halogens is 1. The van der Waals surface area contributed by atoms with Crippen LogP contribution in [0.25, 0.3) is 0 Å². The van der Waals surface area contributed by atoms with Crippen molar-refractivity contribution in [2.24, 2.45) is 17.6 Å². The summed E-state index contributed by atoms with van der Waals surface area (Å²) in [5.41, 5.74) is 4.92. The van der Waals surface area contributed by atoms with Crippen molar-refractivity contribution in [3.63, 3.8) is 0 Å². The maximum Gasteiger partial charge on any atom is 0.323 e. The lowest BCUT2D eigenvalue weighted by Crippen LogP contribution is -2.51. The summed E-state index contributed by atoms with van der Waals surface area (Å²) in [6.45, 7) is 0. The van der Waals surface area contributed by atoms with Crippen LogP contribution in [0.4, 0.5) is 0 Å². The van der Waals surface area contributed by atoms with Gasteiger partial charge in [-0.3, -0.25) is 4.79 Å². The summed E-state index contributed by atoms with van der Waals surface area (Å²) >= 11 is 0. The van der Waals surface area contributed by atoms with Gasteiger partial charge in [0.15, 0.2) is 0 Å². The Balaban J connectivity index is 0.000000720. The van der Waals surface area contributed by atoms with Crippen molar-refractivity contribution in [3.05, 3.63) is 0 Å². The standard InChI is InChI=1S/C8H13NO2.ClH/c9-8(7(10)11)3-1-2-5-4-6(5)8;/h5-6H,1-4,9H2,(H,10,11);1H. The SMILES string of the molecule is Cl.NC1(C(=O)O)CCCC2CC21. The molecule has 2 fully saturated rings. The van der Waals surface area contributed by atoms with Crippen LogP contribution in [0.5, 0.6) is 0 Å². The molecule has 4 heteroatoms. The Morgan fingerprint density at radius 3 is 2.75 bits per heavy atom. The molecule has 0 aliphatic heterocycles. The number of carboxylic acid groups (broad SMARTS) is 1. The van der Waals surface area contributed by atoms with E-state index in [1.165, 1.54) is 6.42 Å². The van der Waals surface area contributed by atoms with Crippen LogP contribution in [0.15, 0.2) is 0 Å². The Bertz CT molecular complexity index is 209. The van der Waals surface area contributed by atoms with Gasteiger partial charge in [0, 0.05) is 0 Å². The molecule has 3 nitrogen and oxygen atoms in total. The molecule has 12 heavy (non-hydrogen) atoms. The number of hydrogen-bond donors (Lipinski definition) is 2. The first kappa shape index (κ1) is 9.81. The summed E-state index contributed by atoms with van der Waals surface area (Å²) < 4.78 is 0. The fourth-order valence-corrected chi connectivity index (χ4v) is 2.31. The molecule has 0 aromatic heterocycles. The van der Waals surface area contributed by atoms with E-state index in [4.69, 9.17) is 10.8 Å². The van der Waals surface area contributed by atoms with Crippen LogP contribution in [0.1, 0.15) is 25.7 Å². The molecular formula is C8H14ClNO2. The second-order valence-corrected chi connectivity index (χ2v) is 3.84. The third-order valence-electron chi connectivity index (χ3n) is 3.15. The summed E-state index contributed by atoms with van der Waals surface area (Å²) in [6.07, 6.45) is 3.90. The van der Waals surface area contributed by atoms with E-state index in [-0.39, 0.29) is 18.3 Å². The molecular weight excluding hydrogens is 178 g/mol. The number of carboxylic acids is 1. The van der Waals surface area contributed by atoms with Crippen LogP contribution in [0.2, 0.25) is 0 Å². The molecule has 0 aromatic carbocycles. The lowest BCUT2D eigenvalue weighted by atomic mass is 9.82. The van der Waals surface area contributed by atoms with Crippen molar-refractivity contribution in [2.45, 2.75) is 31.2 Å². The fraction of sp³-hybridized carbons (Fsp3) is 0.875. The summed E-state index contributed by atoms with van der Waals surface area (Å²) in [7, 11) is 0. The number of hydrogen-bond acceptors (Lipinski definition) is 2. The number of carbonyl (C=O) groups is 1. The Kier molecular flexibility index (Phi) is 2.36. The maximum absolute atomic E-state index is 10.8. The Morgan fingerprint density at radius 2 is 2.25 bits per heavy atom. The molecule has 2 aliphatic carbocycles. The van der Waals surface area contributed by atoms with Crippen molar-refractivity contribution in [1.82, 2.24) is 0 Å². The Hall–Kier alpha value is -0.280. The lowest BCUT2D eigenvalue weighted by Gasteiger charge is -2.28. The Morgan fingerprint density at radius 1 is 1.58 bits per heavy atom. The quantitative estimate of drug-likeness (QED) is 0.650. The van der Waals surface area contributed by atoms with Crippen LogP contribution in [-0.4, -0.2) is 16.6 Å². The van der Waals surface area contributed by atoms with Crippen molar-refractivity contribution in [2.75, 3.05) is 0 Å². The van der Waals surface area contributed by atoms with Gasteiger partial charge in [-0.1, -0.05) is 12.8 Å². The summed E-state index contributed by atoms with van der Waals surface area (Å²) in [5.74, 6) is 0.114. The zero-order valence-electron chi connectivity index (χ0n) is 6.82. The average Bonchev–Trinajstić information content (AvgIpc) is 2.67. The van der Waals surface area contributed by atoms with Gasteiger partial charge in [0.25, 0.3) is 0 Å². The minimum atomic E-state index is -0.872. The molecule has 3 atom stereocenters. The largest absolute Gasteiger partial charge is 0.480 e. The van der Waals surface area contributed by atoms with Crippen molar-refractivity contribution >= 4 is 18.4 Å². The molecule has 2 saturated carbocycles. The minimum absolute atomic E-state index is 0. The van der Waals surface area contributed by atoms with Gasteiger partial charge in [0.1, 0.15) is 5.54 Å². The summed E-state index contributed by atoms with van der Waals surface area (Å²) in [4.78, 5) is 10.8. The first-order valence-corrected chi connectivity index (χ1v) is 4.17. The molecule has 0 heterocycles. The third kappa shape index (κ3) is 1.21. The van der Waals surface area contributed by atoms with E-state index >= 15 is 0 Å². The van der Waals surface area contributed by atoms with E-state index in [0.717, 1.165) is 12.8 Å².